The van der Waals surface area contributed by atoms with E-state index in [2.05, 4.69) is 9.47 Å². The third-order valence-electron chi connectivity index (χ3n) is 0.924. The van der Waals surface area contributed by atoms with Gasteiger partial charge in [-0.1, -0.05) is 0 Å². The topological polar surface area (TPSA) is 52.6 Å². The summed E-state index contributed by atoms with van der Waals surface area (Å²) in [6, 6.07) is 0. The van der Waals surface area contributed by atoms with Gasteiger partial charge in [-0.3, -0.25) is 0 Å². The first-order valence-electron chi connectivity index (χ1n) is 2.58. The maximum atomic E-state index is 10.3. The summed E-state index contributed by atoms with van der Waals surface area (Å²) in [4.78, 5) is 20.6. The lowest BCUT2D eigenvalue weighted by molar-refractivity contribution is -0.183. The van der Waals surface area contributed by atoms with Crippen molar-refractivity contribution in [1.29, 1.82) is 0 Å². The van der Waals surface area contributed by atoms with Crippen LogP contribution in [0.25, 0.3) is 0 Å². The second-order valence-corrected chi connectivity index (χ2v) is 1.81. The molecular formula is C5H6O4. The first-order chi connectivity index (χ1) is 4.20. The maximum Gasteiger partial charge on any atom is 0.417 e. The molecule has 1 aliphatic heterocycles. The second kappa shape index (κ2) is 2.05. The van der Waals surface area contributed by atoms with Crippen LogP contribution in [0.15, 0.2) is 0 Å². The van der Waals surface area contributed by atoms with Gasteiger partial charge in [0.1, 0.15) is 12.7 Å². The highest BCUT2D eigenvalue weighted by atomic mass is 16.6. The number of carbonyl (C=O) groups excluding carboxylic acids is 2. The van der Waals surface area contributed by atoms with Gasteiger partial charge < -0.3 is 9.47 Å². The van der Waals surface area contributed by atoms with Crippen molar-refractivity contribution in [2.24, 2.45) is 0 Å². The molecule has 0 saturated carbocycles. The quantitative estimate of drug-likeness (QED) is 0.327. The molecule has 0 aromatic carbocycles. The Hall–Kier alpha value is -1.06. The van der Waals surface area contributed by atoms with Crippen molar-refractivity contribution in [3.8, 4) is 0 Å². The molecule has 0 bridgehead atoms. The van der Waals surface area contributed by atoms with E-state index in [1.165, 1.54) is 0 Å². The summed E-state index contributed by atoms with van der Waals surface area (Å²) in [7, 11) is 0. The Kier molecular flexibility index (Phi) is 1.38. The number of carbonyl (C=O) groups is 2. The molecule has 0 unspecified atom stereocenters. The molecule has 0 aromatic rings. The molecule has 0 radical (unpaired) electrons. The van der Waals surface area contributed by atoms with E-state index in [1.807, 2.05) is 0 Å². The van der Waals surface area contributed by atoms with Crippen molar-refractivity contribution in [2.45, 2.75) is 13.0 Å². The molecule has 9 heavy (non-hydrogen) atoms. The van der Waals surface area contributed by atoms with Gasteiger partial charge in [-0.15, -0.1) is 0 Å². The van der Waals surface area contributed by atoms with Crippen molar-refractivity contribution < 1.29 is 19.1 Å². The highest BCUT2D eigenvalue weighted by Crippen LogP contribution is 2.00. The van der Waals surface area contributed by atoms with Crippen LogP contribution in [0.5, 0.6) is 0 Å². The van der Waals surface area contributed by atoms with E-state index >= 15 is 0 Å². The third-order valence-corrected chi connectivity index (χ3v) is 0.924. The summed E-state index contributed by atoms with van der Waals surface area (Å²) in [6.45, 7) is 1.83. The van der Waals surface area contributed by atoms with Crippen molar-refractivity contribution in [1.82, 2.24) is 0 Å². The van der Waals surface area contributed by atoms with Crippen LogP contribution in [0, 0.1) is 0 Å². The van der Waals surface area contributed by atoms with E-state index in [1.54, 1.807) is 6.92 Å². The normalized spacial score (nSPS) is 27.0. The van der Waals surface area contributed by atoms with Gasteiger partial charge in [-0.05, 0) is 6.92 Å². The minimum atomic E-state index is -0.895. The van der Waals surface area contributed by atoms with Crippen molar-refractivity contribution in [3.63, 3.8) is 0 Å². The smallest absolute Gasteiger partial charge is 0.417 e. The van der Waals surface area contributed by atoms with Crippen molar-refractivity contribution >= 4 is 11.9 Å². The summed E-state index contributed by atoms with van der Waals surface area (Å²) in [5.74, 6) is -1.79. The summed E-state index contributed by atoms with van der Waals surface area (Å²) >= 11 is 0. The largest absolute Gasteiger partial charge is 0.453 e. The van der Waals surface area contributed by atoms with Crippen LogP contribution in [0.4, 0.5) is 0 Å². The molecule has 1 atom stereocenters. The Morgan fingerprint density at radius 1 is 1.44 bits per heavy atom. The zero-order valence-electron chi connectivity index (χ0n) is 4.92. The van der Waals surface area contributed by atoms with Gasteiger partial charge in [-0.25, -0.2) is 9.59 Å². The van der Waals surface area contributed by atoms with Crippen LogP contribution < -0.4 is 0 Å². The molecule has 0 aliphatic carbocycles. The van der Waals surface area contributed by atoms with Crippen LogP contribution in [0.1, 0.15) is 6.92 Å². The van der Waals surface area contributed by atoms with E-state index in [-0.39, 0.29) is 12.7 Å². The number of hydrogen-bond donors (Lipinski definition) is 0. The summed E-state index contributed by atoms with van der Waals surface area (Å²) in [5, 5.41) is 0. The highest BCUT2D eigenvalue weighted by molar-refractivity contribution is 6.30. The molecule has 1 aliphatic rings. The molecule has 1 heterocycles. The molecule has 1 rings (SSSR count). The molecule has 4 heteroatoms. The van der Waals surface area contributed by atoms with Gasteiger partial charge in [0, 0.05) is 0 Å². The molecule has 4 nitrogen and oxygen atoms in total. The molecular weight excluding hydrogens is 124 g/mol. The number of rotatable bonds is 0. The van der Waals surface area contributed by atoms with Crippen LogP contribution in [-0.2, 0) is 19.1 Å². The van der Waals surface area contributed by atoms with E-state index in [0.29, 0.717) is 0 Å². The molecule has 50 valence electrons. The first kappa shape index (κ1) is 6.07. The lowest BCUT2D eigenvalue weighted by Crippen LogP contribution is -2.34. The predicted molar refractivity (Wildman–Crippen MR) is 26.5 cm³/mol. The number of cyclic esters (lactones) is 2. The molecule has 1 fully saturated rings. The first-order valence-corrected chi connectivity index (χ1v) is 2.58. The summed E-state index contributed by atoms with van der Waals surface area (Å²) in [5.41, 5.74) is 0. The fraction of sp³-hybridized carbons (Fsp3) is 0.600. The summed E-state index contributed by atoms with van der Waals surface area (Å²) < 4.78 is 8.87. The second-order valence-electron chi connectivity index (χ2n) is 1.81. The SMILES string of the molecule is C[C@H]1COC(=O)C(=O)O1. The molecule has 0 amide bonds. The zero-order valence-corrected chi connectivity index (χ0v) is 4.92. The Bertz CT molecular complexity index is 151. The van der Waals surface area contributed by atoms with E-state index in [9.17, 15) is 9.59 Å². The zero-order chi connectivity index (χ0) is 6.85. The predicted octanol–water partition coefficient (Wildman–Crippen LogP) is -0.525. The lowest BCUT2D eigenvalue weighted by atomic mass is 10.4. The van der Waals surface area contributed by atoms with Crippen LogP contribution >= 0.6 is 0 Å². The number of hydrogen-bond acceptors (Lipinski definition) is 4. The number of ether oxygens (including phenoxy) is 2. The molecule has 0 spiro atoms. The van der Waals surface area contributed by atoms with Crippen LogP contribution in [0.2, 0.25) is 0 Å². The van der Waals surface area contributed by atoms with E-state index < -0.39 is 11.9 Å². The van der Waals surface area contributed by atoms with Crippen LogP contribution in [0.3, 0.4) is 0 Å². The van der Waals surface area contributed by atoms with Crippen LogP contribution in [-0.4, -0.2) is 24.6 Å². The van der Waals surface area contributed by atoms with Gasteiger partial charge in [0.15, 0.2) is 0 Å². The summed E-state index contributed by atoms with van der Waals surface area (Å²) in [6.07, 6.45) is -0.296. The molecule has 0 aromatic heterocycles. The fourth-order valence-corrected chi connectivity index (χ4v) is 0.517. The minimum absolute atomic E-state index is 0.171. The lowest BCUT2D eigenvalue weighted by Gasteiger charge is -2.17. The van der Waals surface area contributed by atoms with Crippen molar-refractivity contribution in [3.05, 3.63) is 0 Å². The third kappa shape index (κ3) is 1.19. The minimum Gasteiger partial charge on any atom is -0.453 e. The fourth-order valence-electron chi connectivity index (χ4n) is 0.517. The Balaban J connectivity index is 2.54. The average molecular weight is 130 g/mol. The van der Waals surface area contributed by atoms with E-state index in [4.69, 9.17) is 0 Å². The average Bonchev–Trinajstić information content (AvgIpc) is 1.80. The Labute approximate surface area is 51.7 Å². The van der Waals surface area contributed by atoms with Gasteiger partial charge in [0.25, 0.3) is 0 Å². The van der Waals surface area contributed by atoms with Gasteiger partial charge >= 0.3 is 11.9 Å². The van der Waals surface area contributed by atoms with E-state index in [0.717, 1.165) is 0 Å². The van der Waals surface area contributed by atoms with Gasteiger partial charge in [-0.2, -0.15) is 0 Å². The monoisotopic (exact) mass is 130 g/mol. The maximum absolute atomic E-state index is 10.3. The number of esters is 2. The highest BCUT2D eigenvalue weighted by Gasteiger charge is 2.26. The van der Waals surface area contributed by atoms with Gasteiger partial charge in [0.05, 0.1) is 0 Å². The molecule has 1 saturated heterocycles. The Morgan fingerprint density at radius 2 is 2.11 bits per heavy atom. The van der Waals surface area contributed by atoms with Gasteiger partial charge in [0.2, 0.25) is 0 Å². The molecule has 0 N–H and O–H groups in total. The van der Waals surface area contributed by atoms with Crippen molar-refractivity contribution in [2.75, 3.05) is 6.61 Å². The Morgan fingerprint density at radius 3 is 2.56 bits per heavy atom. The standard InChI is InChI=1S/C5H6O4/c1-3-2-8-4(6)5(7)9-3/h3H,2H2,1H3/t3-/m0/s1.